The van der Waals surface area contributed by atoms with Gasteiger partial charge < -0.3 is 4.90 Å². The molecular weight excluding hydrogens is 489 g/mol. The summed E-state index contributed by atoms with van der Waals surface area (Å²) in [6.45, 7) is 2.77. The quantitative estimate of drug-likeness (QED) is 0.298. The lowest BCUT2D eigenvalue weighted by Gasteiger charge is -2.21. The molecule has 0 aliphatic heterocycles. The van der Waals surface area contributed by atoms with Crippen LogP contribution in [0.15, 0.2) is 47.8 Å². The maximum Gasteiger partial charge on any atom is 0.273 e. The van der Waals surface area contributed by atoms with Crippen LogP contribution in [0.3, 0.4) is 0 Å². The number of rotatable bonds is 8. The van der Waals surface area contributed by atoms with Crippen molar-refractivity contribution in [3.8, 4) is 0 Å². The molecule has 0 atom stereocenters. The number of unbranched alkanes of at least 4 members (excludes halogenated alkanes) is 2. The van der Waals surface area contributed by atoms with Crippen LogP contribution in [0, 0.1) is 0 Å². The van der Waals surface area contributed by atoms with E-state index in [1.54, 1.807) is 53.7 Å². The monoisotopic (exact) mass is 509 g/mol. The Balaban J connectivity index is 1.95. The van der Waals surface area contributed by atoms with Crippen molar-refractivity contribution in [2.45, 2.75) is 26.2 Å². The zero-order chi connectivity index (χ0) is 23.3. The Morgan fingerprint density at radius 1 is 0.969 bits per heavy atom. The van der Waals surface area contributed by atoms with E-state index < -0.39 is 5.91 Å². The fourth-order valence-electron chi connectivity index (χ4n) is 3.05. The summed E-state index contributed by atoms with van der Waals surface area (Å²) in [6.07, 6.45) is 3.06. The smallest absolute Gasteiger partial charge is 0.273 e. The molecule has 0 spiro atoms. The maximum absolute atomic E-state index is 13.5. The molecule has 3 aromatic rings. The van der Waals surface area contributed by atoms with Crippen LogP contribution < -0.4 is 4.90 Å². The summed E-state index contributed by atoms with van der Waals surface area (Å²) < 4.78 is 0. The minimum absolute atomic E-state index is 0.184. The van der Waals surface area contributed by atoms with Crippen molar-refractivity contribution in [3.05, 3.63) is 74.2 Å². The Labute approximate surface area is 206 Å². The third-order valence-corrected chi connectivity index (χ3v) is 6.42. The zero-order valence-corrected chi connectivity index (χ0v) is 20.7. The Morgan fingerprint density at radius 3 is 2.31 bits per heavy atom. The Kier molecular flexibility index (Phi) is 8.54. The molecule has 32 heavy (non-hydrogen) atoms. The molecular formula is C23H22Cl3N3O2S. The number of carbonyl (C=O) groups is 2. The number of carbonyl (C=O) groups excluding carboxylic acids is 2. The maximum atomic E-state index is 13.5. The molecule has 1 aromatic heterocycles. The van der Waals surface area contributed by atoms with E-state index in [2.05, 4.69) is 11.9 Å². The predicted molar refractivity (Wildman–Crippen MR) is 133 cm³/mol. The highest BCUT2D eigenvalue weighted by atomic mass is 35.5. The lowest BCUT2D eigenvalue weighted by molar-refractivity contribution is 0.0787. The number of nitrogens with zero attached hydrogens (tertiary/aromatic N) is 3. The van der Waals surface area contributed by atoms with E-state index in [1.807, 2.05) is 0 Å². The van der Waals surface area contributed by atoms with E-state index in [1.165, 1.54) is 22.3 Å². The molecule has 9 heteroatoms. The van der Waals surface area contributed by atoms with Crippen LogP contribution in [0.5, 0.6) is 0 Å². The minimum Gasteiger partial charge on any atom is -0.340 e. The first-order valence-corrected chi connectivity index (χ1v) is 12.1. The molecule has 0 fully saturated rings. The van der Waals surface area contributed by atoms with E-state index in [4.69, 9.17) is 34.8 Å². The number of aromatic nitrogens is 1. The molecule has 0 radical (unpaired) electrons. The van der Waals surface area contributed by atoms with Gasteiger partial charge in [0.25, 0.3) is 11.8 Å². The fraction of sp³-hybridized carbons (Fsp3) is 0.261. The number of anilines is 2. The SMILES string of the molecule is CCCCCN(C)C(=O)c1csc(N(C(=O)c2ccc(Cl)cc2Cl)c2ccc(Cl)cc2)n1. The van der Waals surface area contributed by atoms with E-state index >= 15 is 0 Å². The van der Waals surface area contributed by atoms with Crippen LogP contribution in [0.4, 0.5) is 10.8 Å². The summed E-state index contributed by atoms with van der Waals surface area (Å²) in [7, 11) is 1.76. The van der Waals surface area contributed by atoms with Crippen LogP contribution >= 0.6 is 46.1 Å². The predicted octanol–water partition coefficient (Wildman–Crippen LogP) is 7.34. The second-order valence-electron chi connectivity index (χ2n) is 7.19. The average molecular weight is 511 g/mol. The molecule has 0 bridgehead atoms. The molecule has 0 unspecified atom stereocenters. The van der Waals surface area contributed by atoms with Crippen LogP contribution in [-0.4, -0.2) is 35.3 Å². The third kappa shape index (κ3) is 5.81. The van der Waals surface area contributed by atoms with Gasteiger partial charge in [0.05, 0.1) is 16.3 Å². The van der Waals surface area contributed by atoms with Crippen molar-refractivity contribution >= 4 is 68.8 Å². The Bertz CT molecular complexity index is 1100. The topological polar surface area (TPSA) is 53.5 Å². The van der Waals surface area contributed by atoms with Gasteiger partial charge in [0.1, 0.15) is 5.69 Å². The van der Waals surface area contributed by atoms with E-state index in [-0.39, 0.29) is 22.2 Å². The number of hydrogen-bond donors (Lipinski definition) is 0. The summed E-state index contributed by atoms with van der Waals surface area (Å²) in [4.78, 5) is 33.8. The first-order valence-electron chi connectivity index (χ1n) is 10.1. The molecule has 0 N–H and O–H groups in total. The van der Waals surface area contributed by atoms with Crippen LogP contribution in [0.1, 0.15) is 47.0 Å². The van der Waals surface area contributed by atoms with Crippen LogP contribution in [0.25, 0.3) is 0 Å². The first kappa shape index (κ1) is 24.5. The van der Waals surface area contributed by atoms with Gasteiger partial charge in [-0.15, -0.1) is 11.3 Å². The van der Waals surface area contributed by atoms with Crippen molar-refractivity contribution in [2.75, 3.05) is 18.5 Å². The van der Waals surface area contributed by atoms with E-state index in [0.29, 0.717) is 27.4 Å². The molecule has 1 heterocycles. The highest BCUT2D eigenvalue weighted by Gasteiger charge is 2.26. The lowest BCUT2D eigenvalue weighted by Crippen LogP contribution is -2.29. The Hall–Kier alpha value is -2.12. The van der Waals surface area contributed by atoms with Gasteiger partial charge in [0.2, 0.25) is 0 Å². The Morgan fingerprint density at radius 2 is 1.66 bits per heavy atom. The van der Waals surface area contributed by atoms with Crippen molar-refractivity contribution in [2.24, 2.45) is 0 Å². The van der Waals surface area contributed by atoms with Crippen molar-refractivity contribution in [1.82, 2.24) is 9.88 Å². The second-order valence-corrected chi connectivity index (χ2v) is 9.31. The highest BCUT2D eigenvalue weighted by molar-refractivity contribution is 7.14. The number of hydrogen-bond acceptors (Lipinski definition) is 4. The molecule has 5 nitrogen and oxygen atoms in total. The third-order valence-electron chi connectivity index (χ3n) is 4.80. The van der Waals surface area contributed by atoms with Gasteiger partial charge in [-0.2, -0.15) is 0 Å². The largest absolute Gasteiger partial charge is 0.340 e. The summed E-state index contributed by atoms with van der Waals surface area (Å²) >= 11 is 19.5. The van der Waals surface area contributed by atoms with Gasteiger partial charge in [-0.25, -0.2) is 4.98 Å². The summed E-state index contributed by atoms with van der Waals surface area (Å²) in [5, 5.41) is 3.21. The number of halogens is 3. The summed E-state index contributed by atoms with van der Waals surface area (Å²) in [5.41, 5.74) is 1.11. The van der Waals surface area contributed by atoms with E-state index in [9.17, 15) is 9.59 Å². The number of benzene rings is 2. The molecule has 0 aliphatic rings. The van der Waals surface area contributed by atoms with E-state index in [0.717, 1.165) is 19.3 Å². The lowest BCUT2D eigenvalue weighted by atomic mass is 10.2. The normalized spacial score (nSPS) is 10.8. The molecule has 3 rings (SSSR count). The van der Waals surface area contributed by atoms with Gasteiger partial charge in [0.15, 0.2) is 5.13 Å². The average Bonchev–Trinajstić information content (AvgIpc) is 3.24. The molecule has 2 aromatic carbocycles. The highest BCUT2D eigenvalue weighted by Crippen LogP contribution is 2.33. The zero-order valence-electron chi connectivity index (χ0n) is 17.6. The van der Waals surface area contributed by atoms with Crippen molar-refractivity contribution < 1.29 is 9.59 Å². The van der Waals surface area contributed by atoms with Crippen molar-refractivity contribution in [1.29, 1.82) is 0 Å². The standard InChI is InChI=1S/C23H22Cl3N3O2S/c1-3-4-5-12-28(2)22(31)20-14-32-23(27-20)29(17-9-6-15(24)7-10-17)21(30)18-11-8-16(25)13-19(18)26/h6-11,13-14H,3-5,12H2,1-2H3. The minimum atomic E-state index is -0.390. The fourth-order valence-corrected chi connectivity index (χ4v) is 4.48. The number of amides is 2. The van der Waals surface area contributed by atoms with Crippen molar-refractivity contribution in [3.63, 3.8) is 0 Å². The molecule has 0 saturated heterocycles. The summed E-state index contributed by atoms with van der Waals surface area (Å²) in [5.74, 6) is -0.574. The van der Waals surface area contributed by atoms with Gasteiger partial charge in [-0.1, -0.05) is 54.6 Å². The summed E-state index contributed by atoms with van der Waals surface area (Å²) in [6, 6.07) is 11.5. The molecule has 168 valence electrons. The first-order chi connectivity index (χ1) is 15.3. The molecule has 2 amide bonds. The van der Waals surface area contributed by atoms with Gasteiger partial charge in [0, 0.05) is 29.0 Å². The molecule has 0 saturated carbocycles. The van der Waals surface area contributed by atoms with Crippen LogP contribution in [0.2, 0.25) is 15.1 Å². The molecule has 0 aliphatic carbocycles. The van der Waals surface area contributed by atoms with Crippen LogP contribution in [-0.2, 0) is 0 Å². The second kappa shape index (κ2) is 11.1. The van der Waals surface area contributed by atoms with Gasteiger partial charge in [-0.3, -0.25) is 14.5 Å². The van der Waals surface area contributed by atoms with Gasteiger partial charge in [-0.05, 0) is 48.9 Å². The number of thiazole rings is 1. The van der Waals surface area contributed by atoms with Gasteiger partial charge >= 0.3 is 0 Å².